The number of hydrogen-bond acceptors (Lipinski definition) is 6. The maximum absolute atomic E-state index is 13.3. The van der Waals surface area contributed by atoms with Gasteiger partial charge in [-0.3, -0.25) is 9.78 Å². The number of benzene rings is 2. The predicted molar refractivity (Wildman–Crippen MR) is 126 cm³/mol. The minimum atomic E-state index is -3.79. The Labute approximate surface area is 203 Å². The van der Waals surface area contributed by atoms with Crippen LogP contribution >= 0.6 is 0 Å². The summed E-state index contributed by atoms with van der Waals surface area (Å²) in [4.78, 5) is 17.3. The molecule has 1 saturated carbocycles. The van der Waals surface area contributed by atoms with Gasteiger partial charge in [0.25, 0.3) is 0 Å². The van der Waals surface area contributed by atoms with Crippen molar-refractivity contribution in [1.82, 2.24) is 9.71 Å². The molecule has 0 amide bonds. The molecule has 0 saturated heterocycles. The van der Waals surface area contributed by atoms with E-state index in [1.807, 2.05) is 6.07 Å². The number of carbonyl (C=O) groups excluding carboxylic acids is 1. The predicted octanol–water partition coefficient (Wildman–Crippen LogP) is 3.79. The number of halogens is 1. The van der Waals surface area contributed by atoms with Crippen LogP contribution in [0.25, 0.3) is 0 Å². The fourth-order valence-electron chi connectivity index (χ4n) is 4.94. The Balaban J connectivity index is 1.26. The van der Waals surface area contributed by atoms with E-state index in [9.17, 15) is 17.6 Å². The molecule has 2 bridgehead atoms. The van der Waals surface area contributed by atoms with E-state index in [2.05, 4.69) is 9.71 Å². The Kier molecular flexibility index (Phi) is 6.53. The van der Waals surface area contributed by atoms with E-state index in [1.165, 1.54) is 30.6 Å². The van der Waals surface area contributed by atoms with Crippen molar-refractivity contribution in [2.75, 3.05) is 13.2 Å². The number of sulfonamides is 1. The minimum absolute atomic E-state index is 0.00806. The molecule has 2 aromatic carbocycles. The average Bonchev–Trinajstić information content (AvgIpc) is 3.19. The average molecular weight is 497 g/mol. The number of ketones is 1. The van der Waals surface area contributed by atoms with E-state index in [-0.39, 0.29) is 35.6 Å². The minimum Gasteiger partial charge on any atom is -0.490 e. The lowest BCUT2D eigenvalue weighted by Gasteiger charge is -2.22. The van der Waals surface area contributed by atoms with Crippen LogP contribution in [0.4, 0.5) is 4.39 Å². The number of fused-ring (bicyclic) bond motifs is 3. The van der Waals surface area contributed by atoms with Crippen molar-refractivity contribution in [3.63, 3.8) is 0 Å². The van der Waals surface area contributed by atoms with Crippen molar-refractivity contribution in [1.29, 1.82) is 0 Å². The van der Waals surface area contributed by atoms with E-state index in [4.69, 9.17) is 9.47 Å². The van der Waals surface area contributed by atoms with Crippen molar-refractivity contribution in [2.24, 2.45) is 11.8 Å². The second-order valence-electron chi connectivity index (χ2n) is 8.82. The largest absolute Gasteiger partial charge is 0.490 e. The summed E-state index contributed by atoms with van der Waals surface area (Å²) < 4.78 is 53.0. The van der Waals surface area contributed by atoms with E-state index in [1.54, 1.807) is 30.3 Å². The van der Waals surface area contributed by atoms with Gasteiger partial charge < -0.3 is 9.47 Å². The number of rotatable bonds is 8. The number of aromatic nitrogens is 1. The van der Waals surface area contributed by atoms with Gasteiger partial charge in [0.15, 0.2) is 5.78 Å². The van der Waals surface area contributed by atoms with Gasteiger partial charge in [0.1, 0.15) is 35.4 Å². The van der Waals surface area contributed by atoms with Crippen LogP contribution in [0.3, 0.4) is 0 Å². The zero-order valence-electron chi connectivity index (χ0n) is 18.9. The molecule has 3 atom stereocenters. The monoisotopic (exact) mass is 496 g/mol. The molecule has 1 heterocycles. The Bertz CT molecular complexity index is 1320. The molecule has 2 aliphatic carbocycles. The number of nitrogens with one attached hydrogen (secondary N) is 1. The SMILES string of the molecule is O=C1c2ccc(OCCOc3ccc(F)cc3)cc2CC2CCC1C2NS(=O)(=O)c1cccnc1. The van der Waals surface area contributed by atoms with Crippen LogP contribution < -0.4 is 14.2 Å². The molecule has 182 valence electrons. The molecule has 3 unspecified atom stereocenters. The first-order valence-electron chi connectivity index (χ1n) is 11.5. The molecule has 1 aromatic heterocycles. The van der Waals surface area contributed by atoms with Gasteiger partial charge in [0.2, 0.25) is 10.0 Å². The van der Waals surface area contributed by atoms with E-state index in [0.717, 1.165) is 12.0 Å². The lowest BCUT2D eigenvalue weighted by Crippen LogP contribution is -2.43. The Morgan fingerprint density at radius 2 is 1.74 bits per heavy atom. The number of hydrogen-bond donors (Lipinski definition) is 1. The summed E-state index contributed by atoms with van der Waals surface area (Å²) in [6.45, 7) is 0.564. The molecule has 0 aliphatic heterocycles. The second kappa shape index (κ2) is 9.75. The van der Waals surface area contributed by atoms with Gasteiger partial charge >= 0.3 is 0 Å². The van der Waals surface area contributed by atoms with Crippen LogP contribution in [0.5, 0.6) is 11.5 Å². The Hall–Kier alpha value is -3.30. The first-order chi connectivity index (χ1) is 16.9. The maximum Gasteiger partial charge on any atom is 0.242 e. The van der Waals surface area contributed by atoms with Crippen LogP contribution in [-0.4, -0.2) is 38.4 Å². The highest BCUT2D eigenvalue weighted by atomic mass is 32.2. The van der Waals surface area contributed by atoms with Gasteiger partial charge in [-0.15, -0.1) is 0 Å². The van der Waals surface area contributed by atoms with E-state index >= 15 is 0 Å². The highest BCUT2D eigenvalue weighted by Crippen LogP contribution is 2.41. The molecule has 35 heavy (non-hydrogen) atoms. The third-order valence-corrected chi connectivity index (χ3v) is 8.07. The molecule has 1 fully saturated rings. The summed E-state index contributed by atoms with van der Waals surface area (Å²) in [5, 5.41) is 0. The van der Waals surface area contributed by atoms with Gasteiger partial charge in [-0.1, -0.05) is 0 Å². The fourth-order valence-corrected chi connectivity index (χ4v) is 6.25. The molecule has 3 aromatic rings. The number of nitrogens with zero attached hydrogens (tertiary/aromatic N) is 1. The van der Waals surface area contributed by atoms with Crippen molar-refractivity contribution in [3.05, 3.63) is 83.9 Å². The van der Waals surface area contributed by atoms with Gasteiger partial charge in [-0.25, -0.2) is 17.5 Å². The van der Waals surface area contributed by atoms with Crippen LogP contribution in [0.1, 0.15) is 28.8 Å². The molecule has 0 radical (unpaired) electrons. The van der Waals surface area contributed by atoms with Gasteiger partial charge in [0, 0.05) is 29.9 Å². The van der Waals surface area contributed by atoms with Crippen LogP contribution in [0, 0.1) is 17.7 Å². The number of pyridine rings is 1. The van der Waals surface area contributed by atoms with Crippen LogP contribution in [0.15, 0.2) is 71.9 Å². The standard InChI is InChI=1S/C26H25FN2O5S/c27-19-4-6-20(7-5-19)33-12-13-34-21-8-10-23-18(15-21)14-17-3-9-24(26(23)30)25(17)29-35(31,32)22-2-1-11-28-16-22/h1-2,4-8,10-11,15-17,24-25,29H,3,9,12-14H2. The van der Waals surface area contributed by atoms with Crippen LogP contribution in [-0.2, 0) is 16.4 Å². The van der Waals surface area contributed by atoms with Crippen molar-refractivity contribution >= 4 is 15.8 Å². The van der Waals surface area contributed by atoms with Crippen LogP contribution in [0.2, 0.25) is 0 Å². The van der Waals surface area contributed by atoms with Crippen molar-refractivity contribution < 1.29 is 27.1 Å². The third kappa shape index (κ3) is 5.06. The van der Waals surface area contributed by atoms with E-state index < -0.39 is 22.0 Å². The lowest BCUT2D eigenvalue weighted by atomic mass is 9.92. The van der Waals surface area contributed by atoms with Crippen molar-refractivity contribution in [3.8, 4) is 11.5 Å². The summed E-state index contributed by atoms with van der Waals surface area (Å²) in [7, 11) is -3.79. The first kappa shape index (κ1) is 23.4. The fraction of sp³-hybridized carbons (Fsp3) is 0.308. The summed E-state index contributed by atoms with van der Waals surface area (Å²) in [6.07, 6.45) is 4.83. The zero-order valence-corrected chi connectivity index (χ0v) is 19.7. The second-order valence-corrected chi connectivity index (χ2v) is 10.5. The smallest absolute Gasteiger partial charge is 0.242 e. The highest BCUT2D eigenvalue weighted by Gasteiger charge is 2.45. The van der Waals surface area contributed by atoms with Gasteiger partial charge in [0.05, 0.1) is 0 Å². The zero-order chi connectivity index (χ0) is 24.4. The molecule has 1 N–H and O–H groups in total. The molecule has 2 aliphatic rings. The van der Waals surface area contributed by atoms with Crippen molar-refractivity contribution in [2.45, 2.75) is 30.2 Å². The molecule has 5 rings (SSSR count). The maximum atomic E-state index is 13.3. The molecular weight excluding hydrogens is 471 g/mol. The third-order valence-electron chi connectivity index (χ3n) is 6.62. The molecule has 9 heteroatoms. The van der Waals surface area contributed by atoms with Gasteiger partial charge in [-0.05, 0) is 85.3 Å². The molecule has 0 spiro atoms. The normalized spacial score (nSPS) is 21.3. The van der Waals surface area contributed by atoms with Gasteiger partial charge in [-0.2, -0.15) is 0 Å². The number of carbonyl (C=O) groups is 1. The topological polar surface area (TPSA) is 94.6 Å². The number of ether oxygens (including phenoxy) is 2. The van der Waals surface area contributed by atoms with E-state index in [0.29, 0.717) is 29.9 Å². The first-order valence-corrected chi connectivity index (χ1v) is 13.0. The molecule has 7 nitrogen and oxygen atoms in total. The summed E-state index contributed by atoms with van der Waals surface area (Å²) in [6, 6.07) is 13.7. The molecular formula is C26H25FN2O5S. The Morgan fingerprint density at radius 3 is 2.49 bits per heavy atom. The summed E-state index contributed by atoms with van der Waals surface area (Å²) in [5.41, 5.74) is 1.49. The summed E-state index contributed by atoms with van der Waals surface area (Å²) in [5.74, 6) is 0.416. The quantitative estimate of drug-likeness (QED) is 0.477. The highest BCUT2D eigenvalue weighted by molar-refractivity contribution is 7.89. The lowest BCUT2D eigenvalue weighted by molar-refractivity contribution is 0.0909. The Morgan fingerprint density at radius 1 is 1.00 bits per heavy atom. The number of Topliss-reactive ketones (excluding diaryl/α,β-unsaturated/α-hetero) is 1. The summed E-state index contributed by atoms with van der Waals surface area (Å²) >= 11 is 0.